The smallest absolute Gasteiger partial charge is 0.328 e. The van der Waals surface area contributed by atoms with Crippen molar-refractivity contribution in [2.45, 2.75) is 20.3 Å². The number of carboxylic acids is 1. The fourth-order valence-corrected chi connectivity index (χ4v) is 1.28. The van der Waals surface area contributed by atoms with Gasteiger partial charge in [-0.15, -0.1) is 0 Å². The molecule has 0 aliphatic rings. The molecule has 84 valence electrons. The largest absolute Gasteiger partial charge is 0.478 e. The number of carboxylic acid groups (broad SMARTS) is 1. The van der Waals surface area contributed by atoms with Gasteiger partial charge in [-0.2, -0.15) is 5.26 Å². The number of nitrogens with zero attached hydrogens (tertiary/aromatic N) is 2. The Balaban J connectivity index is 4.01. The zero-order valence-corrected chi connectivity index (χ0v) is 9.31. The van der Waals surface area contributed by atoms with Crippen LogP contribution in [-0.4, -0.2) is 35.6 Å². The van der Waals surface area contributed by atoms with E-state index in [-0.39, 0.29) is 0 Å². The van der Waals surface area contributed by atoms with Crippen LogP contribution in [0.15, 0.2) is 12.2 Å². The van der Waals surface area contributed by atoms with Crippen molar-refractivity contribution in [2.24, 2.45) is 5.92 Å². The molecule has 0 unspecified atom stereocenters. The molecule has 15 heavy (non-hydrogen) atoms. The van der Waals surface area contributed by atoms with E-state index in [1.165, 1.54) is 0 Å². The van der Waals surface area contributed by atoms with Crippen LogP contribution in [-0.2, 0) is 4.79 Å². The third kappa shape index (κ3) is 8.98. The van der Waals surface area contributed by atoms with Gasteiger partial charge in [0.1, 0.15) is 0 Å². The number of hydrogen-bond donors (Lipinski definition) is 1. The molecule has 0 atom stereocenters. The summed E-state index contributed by atoms with van der Waals surface area (Å²) < 4.78 is 0. The van der Waals surface area contributed by atoms with E-state index in [1.54, 1.807) is 6.08 Å². The maximum absolute atomic E-state index is 10.3. The van der Waals surface area contributed by atoms with Crippen LogP contribution in [0.25, 0.3) is 0 Å². The third-order valence-electron chi connectivity index (χ3n) is 1.79. The summed E-state index contributed by atoms with van der Waals surface area (Å²) in [5.41, 5.74) is 0. The highest BCUT2D eigenvalue weighted by Crippen LogP contribution is 1.99. The summed E-state index contributed by atoms with van der Waals surface area (Å²) in [5.74, 6) is -0.415. The average Bonchev–Trinajstić information content (AvgIpc) is 2.12. The van der Waals surface area contributed by atoms with E-state index < -0.39 is 5.97 Å². The summed E-state index contributed by atoms with van der Waals surface area (Å²) in [6.07, 6.45) is 3.23. The van der Waals surface area contributed by atoms with Crippen molar-refractivity contribution in [3.05, 3.63) is 12.2 Å². The fourth-order valence-electron chi connectivity index (χ4n) is 1.28. The number of hydrogen-bond acceptors (Lipinski definition) is 3. The summed E-state index contributed by atoms with van der Waals surface area (Å²) in [4.78, 5) is 12.3. The van der Waals surface area contributed by atoms with Crippen molar-refractivity contribution in [1.82, 2.24) is 4.90 Å². The van der Waals surface area contributed by atoms with Gasteiger partial charge in [0.05, 0.1) is 6.07 Å². The van der Waals surface area contributed by atoms with E-state index >= 15 is 0 Å². The maximum Gasteiger partial charge on any atom is 0.328 e. The molecular formula is C11H18N2O2. The minimum absolute atomic E-state index is 0.480. The van der Waals surface area contributed by atoms with E-state index in [2.05, 4.69) is 24.8 Å². The monoisotopic (exact) mass is 210 g/mol. The highest BCUT2D eigenvalue weighted by molar-refractivity contribution is 5.79. The van der Waals surface area contributed by atoms with Gasteiger partial charge in [0.2, 0.25) is 0 Å². The summed E-state index contributed by atoms with van der Waals surface area (Å²) in [7, 11) is 0. The lowest BCUT2D eigenvalue weighted by molar-refractivity contribution is -0.131. The molecule has 0 fully saturated rings. The van der Waals surface area contributed by atoms with Gasteiger partial charge in [-0.25, -0.2) is 4.79 Å². The Bertz CT molecular complexity index is 254. The van der Waals surface area contributed by atoms with Crippen LogP contribution in [0, 0.1) is 17.2 Å². The summed E-state index contributed by atoms with van der Waals surface area (Å²) in [5, 5.41) is 16.9. The van der Waals surface area contributed by atoms with Gasteiger partial charge in [-0.3, -0.25) is 4.90 Å². The van der Waals surface area contributed by atoms with Gasteiger partial charge in [0.15, 0.2) is 0 Å². The maximum atomic E-state index is 10.3. The highest BCUT2D eigenvalue weighted by atomic mass is 16.4. The Morgan fingerprint density at radius 2 is 2.27 bits per heavy atom. The molecule has 0 heterocycles. The van der Waals surface area contributed by atoms with Crippen LogP contribution in [0.5, 0.6) is 0 Å². The third-order valence-corrected chi connectivity index (χ3v) is 1.79. The minimum Gasteiger partial charge on any atom is -0.478 e. The van der Waals surface area contributed by atoms with Crippen LogP contribution in [0.3, 0.4) is 0 Å². The molecular weight excluding hydrogens is 192 g/mol. The van der Waals surface area contributed by atoms with Crippen molar-refractivity contribution >= 4 is 5.97 Å². The Labute approximate surface area is 90.8 Å². The molecule has 4 nitrogen and oxygen atoms in total. The molecule has 0 aliphatic heterocycles. The first-order chi connectivity index (χ1) is 7.06. The summed E-state index contributed by atoms with van der Waals surface area (Å²) in [6.45, 7) is 6.36. The van der Waals surface area contributed by atoms with E-state index in [1.807, 2.05) is 0 Å². The van der Waals surface area contributed by atoms with Crippen LogP contribution in [0.2, 0.25) is 0 Å². The standard InChI is InChI=1S/C11H18N2O2/c1-10(2)9-13(8-4-6-12)7-3-5-11(14)15/h3,5,10H,4,7-9H2,1-2H3,(H,14,15). The Hall–Kier alpha value is -1.34. The summed E-state index contributed by atoms with van der Waals surface area (Å²) in [6, 6.07) is 2.09. The molecule has 0 spiro atoms. The quantitative estimate of drug-likeness (QED) is 0.647. The number of rotatable bonds is 7. The van der Waals surface area contributed by atoms with Gasteiger partial charge in [-0.1, -0.05) is 19.9 Å². The molecule has 4 heteroatoms. The SMILES string of the molecule is CC(C)CN(CC=CC(=O)O)CCC#N. The van der Waals surface area contributed by atoms with Crippen molar-refractivity contribution in [3.8, 4) is 6.07 Å². The predicted molar refractivity (Wildman–Crippen MR) is 58.3 cm³/mol. The van der Waals surface area contributed by atoms with Crippen molar-refractivity contribution in [1.29, 1.82) is 5.26 Å². The van der Waals surface area contributed by atoms with E-state index in [0.29, 0.717) is 25.4 Å². The lowest BCUT2D eigenvalue weighted by atomic mass is 10.2. The zero-order chi connectivity index (χ0) is 11.7. The number of nitriles is 1. The van der Waals surface area contributed by atoms with Crippen molar-refractivity contribution in [2.75, 3.05) is 19.6 Å². The molecule has 0 radical (unpaired) electrons. The topological polar surface area (TPSA) is 64.3 Å². The lowest BCUT2D eigenvalue weighted by Gasteiger charge is -2.21. The lowest BCUT2D eigenvalue weighted by Crippen LogP contribution is -2.29. The first-order valence-electron chi connectivity index (χ1n) is 5.05. The molecule has 0 saturated carbocycles. The molecule has 0 bridgehead atoms. The normalized spacial score (nSPS) is 11.1. The van der Waals surface area contributed by atoms with Crippen molar-refractivity contribution < 1.29 is 9.90 Å². The molecule has 0 aromatic carbocycles. The molecule has 0 rings (SSSR count). The second-order valence-corrected chi connectivity index (χ2v) is 3.80. The number of aliphatic carboxylic acids is 1. The Morgan fingerprint density at radius 1 is 1.60 bits per heavy atom. The average molecular weight is 210 g/mol. The van der Waals surface area contributed by atoms with Crippen LogP contribution in [0.1, 0.15) is 20.3 Å². The fraction of sp³-hybridized carbons (Fsp3) is 0.636. The first kappa shape index (κ1) is 13.7. The molecule has 1 N–H and O–H groups in total. The van der Waals surface area contributed by atoms with Crippen molar-refractivity contribution in [3.63, 3.8) is 0 Å². The van der Waals surface area contributed by atoms with E-state index in [0.717, 1.165) is 12.6 Å². The van der Waals surface area contributed by atoms with E-state index in [4.69, 9.17) is 10.4 Å². The van der Waals surface area contributed by atoms with Gasteiger partial charge >= 0.3 is 5.97 Å². The van der Waals surface area contributed by atoms with Gasteiger partial charge in [0.25, 0.3) is 0 Å². The second-order valence-electron chi connectivity index (χ2n) is 3.80. The Kier molecular flexibility index (Phi) is 7.29. The first-order valence-corrected chi connectivity index (χ1v) is 5.05. The molecule has 0 aromatic rings. The van der Waals surface area contributed by atoms with Crippen LogP contribution >= 0.6 is 0 Å². The van der Waals surface area contributed by atoms with Gasteiger partial charge < -0.3 is 5.11 Å². The second kappa shape index (κ2) is 8.01. The number of carbonyl (C=O) groups is 1. The zero-order valence-electron chi connectivity index (χ0n) is 9.31. The molecule has 0 aromatic heterocycles. The predicted octanol–water partition coefficient (Wildman–Crippen LogP) is 1.50. The van der Waals surface area contributed by atoms with Gasteiger partial charge in [0, 0.05) is 32.1 Å². The van der Waals surface area contributed by atoms with Crippen LogP contribution in [0.4, 0.5) is 0 Å². The van der Waals surface area contributed by atoms with Gasteiger partial charge in [-0.05, 0) is 5.92 Å². The minimum atomic E-state index is -0.931. The molecule has 0 saturated heterocycles. The van der Waals surface area contributed by atoms with Crippen LogP contribution < -0.4 is 0 Å². The van der Waals surface area contributed by atoms with E-state index in [9.17, 15) is 4.79 Å². The highest BCUT2D eigenvalue weighted by Gasteiger charge is 2.04. The summed E-state index contributed by atoms with van der Waals surface area (Å²) >= 11 is 0. The molecule has 0 amide bonds. The Morgan fingerprint density at radius 3 is 2.73 bits per heavy atom. The molecule has 0 aliphatic carbocycles.